The van der Waals surface area contributed by atoms with E-state index < -0.39 is 23.1 Å². The van der Waals surface area contributed by atoms with E-state index in [4.69, 9.17) is 0 Å². The number of carbonyl (C=O) groups is 4. The summed E-state index contributed by atoms with van der Waals surface area (Å²) in [6.45, 7) is 28.7. The molecule has 0 heterocycles. The van der Waals surface area contributed by atoms with Crippen molar-refractivity contribution in [2.75, 3.05) is 0 Å². The Morgan fingerprint density at radius 3 is 1.27 bits per heavy atom. The summed E-state index contributed by atoms with van der Waals surface area (Å²) in [4.78, 5) is 55.5. The number of rotatable bonds is 30. The number of ketones is 4. The van der Waals surface area contributed by atoms with Gasteiger partial charge in [0, 0.05) is 34.3 Å². The normalized spacial score (nSPS) is 16.1. The first kappa shape index (κ1) is 55.6. The van der Waals surface area contributed by atoms with Crippen molar-refractivity contribution in [1.29, 1.82) is 0 Å². The van der Waals surface area contributed by atoms with Gasteiger partial charge in [0.05, 0.1) is 11.1 Å². The van der Waals surface area contributed by atoms with Crippen molar-refractivity contribution in [1.82, 2.24) is 0 Å². The largest absolute Gasteiger partial charge is 0.507 e. The first-order chi connectivity index (χ1) is 29.6. The van der Waals surface area contributed by atoms with Crippen LogP contribution in [0.5, 0.6) is 11.5 Å². The monoisotopic (exact) mass is 871 g/mol. The number of allylic oxidation sites excluding steroid dienone is 8. The van der Waals surface area contributed by atoms with Crippen molar-refractivity contribution in [2.24, 2.45) is 35.5 Å². The van der Waals surface area contributed by atoms with Gasteiger partial charge in [0.25, 0.3) is 0 Å². The number of hydrogen-bond acceptors (Lipinski definition) is 6. The first-order valence-electron chi connectivity index (χ1n) is 25.0. The molecule has 6 nitrogen and oxygen atoms in total. The van der Waals surface area contributed by atoms with Gasteiger partial charge >= 0.3 is 0 Å². The van der Waals surface area contributed by atoms with E-state index in [1.807, 2.05) is 13.8 Å². The summed E-state index contributed by atoms with van der Waals surface area (Å²) in [5, 5.41) is 23.0. The molecule has 1 aliphatic carbocycles. The number of carbonyl (C=O) groups excluding carboxylic acids is 4. The van der Waals surface area contributed by atoms with E-state index in [0.29, 0.717) is 23.8 Å². The fraction of sp³-hybridized carbons (Fsp3) is 0.684. The summed E-state index contributed by atoms with van der Waals surface area (Å²) in [5.74, 6) is 1.84. The Labute approximate surface area is 385 Å². The van der Waals surface area contributed by atoms with Crippen LogP contribution in [0.25, 0.3) is 0 Å². The Bertz CT molecular complexity index is 1830. The van der Waals surface area contributed by atoms with Crippen LogP contribution in [0.1, 0.15) is 226 Å². The molecule has 0 aliphatic heterocycles. The van der Waals surface area contributed by atoms with E-state index in [1.165, 1.54) is 89.2 Å². The Kier molecular flexibility index (Phi) is 24.5. The molecule has 63 heavy (non-hydrogen) atoms. The minimum Gasteiger partial charge on any atom is -0.507 e. The lowest BCUT2D eigenvalue weighted by atomic mass is 9.79. The predicted molar refractivity (Wildman–Crippen MR) is 265 cm³/mol. The molecule has 0 saturated heterocycles. The quantitative estimate of drug-likeness (QED) is 0.0262. The number of aromatic hydroxyl groups is 2. The Morgan fingerprint density at radius 2 is 0.857 bits per heavy atom. The average molecular weight is 871 g/mol. The summed E-state index contributed by atoms with van der Waals surface area (Å²) in [7, 11) is 0. The van der Waals surface area contributed by atoms with E-state index >= 15 is 0 Å². The topological polar surface area (TPSA) is 109 Å². The molecular weight excluding hydrogens is 781 g/mol. The molecule has 0 aromatic heterocycles. The maximum Gasteiger partial charge on any atom is 0.193 e. The lowest BCUT2D eigenvalue weighted by Crippen LogP contribution is -2.27. The molecule has 1 aromatic rings. The molecule has 354 valence electrons. The summed E-state index contributed by atoms with van der Waals surface area (Å²) >= 11 is 0. The van der Waals surface area contributed by atoms with Gasteiger partial charge in [-0.15, -0.1) is 0 Å². The summed E-state index contributed by atoms with van der Waals surface area (Å²) in [5.41, 5.74) is 2.65. The van der Waals surface area contributed by atoms with Crippen LogP contribution in [0.4, 0.5) is 0 Å². The van der Waals surface area contributed by atoms with Gasteiger partial charge in [0.2, 0.25) is 0 Å². The Morgan fingerprint density at radius 1 is 0.492 bits per heavy atom. The van der Waals surface area contributed by atoms with Crippen LogP contribution in [-0.2, 0) is 20.8 Å². The average Bonchev–Trinajstić information content (AvgIpc) is 3.19. The molecule has 4 unspecified atom stereocenters. The highest BCUT2D eigenvalue weighted by Gasteiger charge is 2.35. The van der Waals surface area contributed by atoms with Crippen LogP contribution < -0.4 is 0 Å². The third kappa shape index (κ3) is 18.5. The third-order valence-electron chi connectivity index (χ3n) is 14.0. The maximum atomic E-state index is 14.0. The standard InChI is InChI=1S/C57H90O6/c1-36(2)21-15-23-38(5)25-17-27-40(7)29-19-31-42(9)33-50(58)52-47(14)54(60)46(13)48(57(52)63)35-49-53(56(62)45(12)44(11)55(49)61)51(59)34-43(10)32-20-30-41(8)28-18-26-39(6)24-16-22-37(3)4/h33-34,36-41,60,63H,15-32,35H2,1-14H3/b42-33+,43-34+. The van der Waals surface area contributed by atoms with Crippen molar-refractivity contribution in [3.63, 3.8) is 0 Å². The molecule has 4 atom stereocenters. The second-order valence-electron chi connectivity index (χ2n) is 21.2. The maximum absolute atomic E-state index is 14.0. The summed E-state index contributed by atoms with van der Waals surface area (Å²) in [6.07, 6.45) is 23.4. The molecule has 0 amide bonds. The lowest BCUT2D eigenvalue weighted by molar-refractivity contribution is -0.120. The zero-order valence-electron chi connectivity index (χ0n) is 42.6. The second-order valence-corrected chi connectivity index (χ2v) is 21.2. The zero-order valence-corrected chi connectivity index (χ0v) is 42.6. The molecule has 0 bridgehead atoms. The molecule has 1 aromatic carbocycles. The highest BCUT2D eigenvalue weighted by atomic mass is 16.3. The fourth-order valence-corrected chi connectivity index (χ4v) is 9.33. The van der Waals surface area contributed by atoms with Gasteiger partial charge in [-0.25, -0.2) is 0 Å². The van der Waals surface area contributed by atoms with Crippen LogP contribution >= 0.6 is 0 Å². The van der Waals surface area contributed by atoms with E-state index in [1.54, 1.807) is 27.7 Å². The first-order valence-corrected chi connectivity index (χ1v) is 25.0. The SMILES string of the molecule is CC1=C(C)C(=O)C(C(=O)/C=C(\C)CCCC(C)CCCC(C)CCCC(C)C)=C(Cc2c(C)c(O)c(C)c(C(=O)/C=C(\C)CCCC(C)CCCC(C)CCCC(C)C)c2O)C1=O. The number of hydrogen-bond donors (Lipinski definition) is 2. The molecular formula is C57H90O6. The highest BCUT2D eigenvalue weighted by molar-refractivity contribution is 6.37. The van der Waals surface area contributed by atoms with Gasteiger partial charge in [-0.3, -0.25) is 19.2 Å². The van der Waals surface area contributed by atoms with Crippen LogP contribution in [0.3, 0.4) is 0 Å². The van der Waals surface area contributed by atoms with Crippen molar-refractivity contribution in [2.45, 2.75) is 219 Å². The second kappa shape index (κ2) is 27.7. The van der Waals surface area contributed by atoms with Crippen LogP contribution in [0.2, 0.25) is 0 Å². The predicted octanol–water partition coefficient (Wildman–Crippen LogP) is 15.6. The minimum absolute atomic E-state index is 0.0225. The number of Topliss-reactive ketones (excluding diaryl/α,β-unsaturated/α-hetero) is 2. The van der Waals surface area contributed by atoms with Crippen molar-refractivity contribution in [3.8, 4) is 11.5 Å². The van der Waals surface area contributed by atoms with Crippen molar-refractivity contribution in [3.05, 3.63) is 67.8 Å². The zero-order chi connectivity index (χ0) is 47.6. The van der Waals surface area contributed by atoms with Crippen LogP contribution in [-0.4, -0.2) is 33.3 Å². The van der Waals surface area contributed by atoms with Crippen LogP contribution in [0, 0.1) is 49.4 Å². The molecule has 0 fully saturated rings. The molecule has 0 radical (unpaired) electrons. The van der Waals surface area contributed by atoms with E-state index in [2.05, 4.69) is 55.4 Å². The summed E-state index contributed by atoms with van der Waals surface area (Å²) in [6, 6.07) is 0. The Balaban J connectivity index is 2.19. The third-order valence-corrected chi connectivity index (χ3v) is 14.0. The van der Waals surface area contributed by atoms with Gasteiger partial charge < -0.3 is 10.2 Å². The molecule has 2 rings (SSSR count). The molecule has 2 N–H and O–H groups in total. The minimum atomic E-state index is -0.531. The van der Waals surface area contributed by atoms with Gasteiger partial charge in [-0.2, -0.15) is 0 Å². The van der Waals surface area contributed by atoms with Gasteiger partial charge in [-0.05, 0) is 120 Å². The lowest BCUT2D eigenvalue weighted by Gasteiger charge is -2.22. The molecule has 0 spiro atoms. The Hall–Kier alpha value is -3.54. The number of phenolic OH excluding ortho intramolecular Hbond substituents is 2. The molecule has 1 aliphatic rings. The molecule has 6 heteroatoms. The van der Waals surface area contributed by atoms with Crippen molar-refractivity contribution < 1.29 is 29.4 Å². The van der Waals surface area contributed by atoms with E-state index in [-0.39, 0.29) is 56.9 Å². The molecule has 0 saturated carbocycles. The van der Waals surface area contributed by atoms with Crippen molar-refractivity contribution >= 4 is 23.1 Å². The number of benzene rings is 1. The highest BCUT2D eigenvalue weighted by Crippen LogP contribution is 2.40. The van der Waals surface area contributed by atoms with Gasteiger partial charge in [-0.1, -0.05) is 156 Å². The number of phenols is 2. The van der Waals surface area contributed by atoms with Gasteiger partial charge in [0.1, 0.15) is 11.5 Å². The van der Waals surface area contributed by atoms with E-state index in [0.717, 1.165) is 66.9 Å². The summed E-state index contributed by atoms with van der Waals surface area (Å²) < 4.78 is 0. The van der Waals surface area contributed by atoms with Crippen LogP contribution in [0.15, 0.2) is 45.6 Å². The fourth-order valence-electron chi connectivity index (χ4n) is 9.33. The van der Waals surface area contributed by atoms with Gasteiger partial charge in [0.15, 0.2) is 23.1 Å². The van der Waals surface area contributed by atoms with E-state index in [9.17, 15) is 29.4 Å². The smallest absolute Gasteiger partial charge is 0.193 e.